The topological polar surface area (TPSA) is 32.3 Å². The lowest BCUT2D eigenvalue weighted by Crippen LogP contribution is -2.58. The molecule has 1 fully saturated rings. The fourth-order valence-electron chi connectivity index (χ4n) is 1.97. The van der Waals surface area contributed by atoms with Crippen LogP contribution in [0.3, 0.4) is 0 Å². The van der Waals surface area contributed by atoms with Crippen LogP contribution in [0, 0.1) is 5.92 Å². The van der Waals surface area contributed by atoms with Crippen molar-refractivity contribution in [2.75, 3.05) is 20.1 Å². The van der Waals surface area contributed by atoms with Crippen LogP contribution in [-0.4, -0.2) is 37.0 Å². The zero-order valence-corrected chi connectivity index (χ0v) is 10.3. The third kappa shape index (κ3) is 3.20. The summed E-state index contributed by atoms with van der Waals surface area (Å²) in [4.78, 5) is 14.1. The molecule has 1 amide bonds. The summed E-state index contributed by atoms with van der Waals surface area (Å²) in [6, 6.07) is 0.438. The monoisotopic (exact) mass is 212 g/mol. The quantitative estimate of drug-likeness (QED) is 0.726. The first kappa shape index (κ1) is 12.5. The van der Waals surface area contributed by atoms with E-state index in [1.807, 2.05) is 11.9 Å². The first-order valence-corrected chi connectivity index (χ1v) is 6.18. The summed E-state index contributed by atoms with van der Waals surface area (Å²) in [5, 5.41) is 3.20. The van der Waals surface area contributed by atoms with Gasteiger partial charge in [0.2, 0.25) is 5.91 Å². The van der Waals surface area contributed by atoms with E-state index in [1.165, 1.54) is 12.8 Å². The predicted octanol–water partition coefficient (Wildman–Crippen LogP) is 1.63. The molecule has 0 aromatic rings. The van der Waals surface area contributed by atoms with E-state index >= 15 is 0 Å². The summed E-state index contributed by atoms with van der Waals surface area (Å²) in [6.45, 7) is 6.22. The Morgan fingerprint density at radius 3 is 2.53 bits per heavy atom. The summed E-state index contributed by atoms with van der Waals surface area (Å²) in [7, 11) is 1.95. The van der Waals surface area contributed by atoms with Crippen molar-refractivity contribution < 1.29 is 4.79 Å². The number of carbonyl (C=O) groups is 1. The lowest BCUT2D eigenvalue weighted by atomic mass is 9.96. The molecule has 1 unspecified atom stereocenters. The molecule has 1 rings (SSSR count). The van der Waals surface area contributed by atoms with Crippen molar-refractivity contribution in [2.24, 2.45) is 5.92 Å². The van der Waals surface area contributed by atoms with Gasteiger partial charge in [0.25, 0.3) is 0 Å². The molecule has 1 N–H and O–H groups in total. The first-order chi connectivity index (χ1) is 7.20. The Morgan fingerprint density at radius 2 is 2.13 bits per heavy atom. The average molecular weight is 212 g/mol. The van der Waals surface area contributed by atoms with Crippen molar-refractivity contribution in [1.29, 1.82) is 0 Å². The van der Waals surface area contributed by atoms with Gasteiger partial charge in [0.15, 0.2) is 0 Å². The molecule has 88 valence electrons. The van der Waals surface area contributed by atoms with E-state index in [-0.39, 0.29) is 5.92 Å². The molecule has 0 aliphatic carbocycles. The molecule has 3 heteroatoms. The highest BCUT2D eigenvalue weighted by Crippen LogP contribution is 2.17. The molecular weight excluding hydrogens is 188 g/mol. The molecular formula is C12H24N2O. The molecule has 1 heterocycles. The summed E-state index contributed by atoms with van der Waals surface area (Å²) >= 11 is 0. The van der Waals surface area contributed by atoms with Crippen LogP contribution in [-0.2, 0) is 4.79 Å². The van der Waals surface area contributed by atoms with Crippen LogP contribution in [0.5, 0.6) is 0 Å². The molecule has 1 aliphatic rings. The van der Waals surface area contributed by atoms with Crippen LogP contribution in [0.25, 0.3) is 0 Å². The molecule has 3 nitrogen and oxygen atoms in total. The number of amides is 1. The van der Waals surface area contributed by atoms with E-state index in [9.17, 15) is 4.79 Å². The van der Waals surface area contributed by atoms with Crippen molar-refractivity contribution in [2.45, 2.75) is 45.6 Å². The standard InChI is InChI=1S/C12H24N2O/c1-4-6-7-10(5-2)12(15)14(3)11-8-13-9-11/h10-11,13H,4-9H2,1-3H3. The van der Waals surface area contributed by atoms with E-state index in [0.717, 1.165) is 25.9 Å². The zero-order valence-electron chi connectivity index (χ0n) is 10.3. The molecule has 1 aliphatic heterocycles. The van der Waals surface area contributed by atoms with Gasteiger partial charge >= 0.3 is 0 Å². The highest BCUT2D eigenvalue weighted by atomic mass is 16.2. The average Bonchev–Trinajstić information content (AvgIpc) is 2.16. The van der Waals surface area contributed by atoms with Gasteiger partial charge in [0.1, 0.15) is 0 Å². The Morgan fingerprint density at radius 1 is 1.47 bits per heavy atom. The number of hydrogen-bond acceptors (Lipinski definition) is 2. The molecule has 0 aromatic heterocycles. The van der Waals surface area contributed by atoms with E-state index in [4.69, 9.17) is 0 Å². The Bertz CT molecular complexity index is 202. The van der Waals surface area contributed by atoms with Gasteiger partial charge in [-0.05, 0) is 12.8 Å². The minimum absolute atomic E-state index is 0.246. The van der Waals surface area contributed by atoms with Gasteiger partial charge in [-0.2, -0.15) is 0 Å². The van der Waals surface area contributed by atoms with Crippen LogP contribution < -0.4 is 5.32 Å². The molecule has 15 heavy (non-hydrogen) atoms. The normalized spacial score (nSPS) is 18.3. The Hall–Kier alpha value is -0.570. The van der Waals surface area contributed by atoms with Crippen molar-refractivity contribution >= 4 is 5.91 Å². The number of hydrogen-bond donors (Lipinski definition) is 1. The van der Waals surface area contributed by atoms with Gasteiger partial charge < -0.3 is 10.2 Å². The van der Waals surface area contributed by atoms with Gasteiger partial charge in [-0.3, -0.25) is 4.79 Å². The fraction of sp³-hybridized carbons (Fsp3) is 0.917. The number of likely N-dealkylation sites (N-methyl/N-ethyl adjacent to an activating group) is 1. The molecule has 0 radical (unpaired) electrons. The van der Waals surface area contributed by atoms with E-state index in [2.05, 4.69) is 19.2 Å². The Balaban J connectivity index is 2.39. The molecule has 0 bridgehead atoms. The predicted molar refractivity (Wildman–Crippen MR) is 62.7 cm³/mol. The lowest BCUT2D eigenvalue weighted by Gasteiger charge is -2.37. The number of carbonyl (C=O) groups excluding carboxylic acids is 1. The van der Waals surface area contributed by atoms with Gasteiger partial charge in [0, 0.05) is 26.1 Å². The van der Waals surface area contributed by atoms with Crippen molar-refractivity contribution in [3.63, 3.8) is 0 Å². The number of nitrogens with one attached hydrogen (secondary N) is 1. The minimum Gasteiger partial charge on any atom is -0.340 e. The summed E-state index contributed by atoms with van der Waals surface area (Å²) in [6.07, 6.45) is 4.37. The Labute approximate surface area is 93.2 Å². The van der Waals surface area contributed by atoms with Crippen LogP contribution in [0.4, 0.5) is 0 Å². The van der Waals surface area contributed by atoms with Crippen molar-refractivity contribution in [3.8, 4) is 0 Å². The summed E-state index contributed by atoms with van der Waals surface area (Å²) in [5.74, 6) is 0.591. The number of rotatable bonds is 6. The molecule has 0 spiro atoms. The molecule has 0 saturated carbocycles. The number of nitrogens with zero attached hydrogens (tertiary/aromatic N) is 1. The van der Waals surface area contributed by atoms with E-state index in [0.29, 0.717) is 11.9 Å². The second-order valence-corrected chi connectivity index (χ2v) is 4.51. The molecule has 1 atom stereocenters. The highest BCUT2D eigenvalue weighted by molar-refractivity contribution is 5.79. The smallest absolute Gasteiger partial charge is 0.225 e. The maximum Gasteiger partial charge on any atom is 0.225 e. The summed E-state index contributed by atoms with van der Waals surface area (Å²) in [5.41, 5.74) is 0. The second-order valence-electron chi connectivity index (χ2n) is 4.51. The third-order valence-corrected chi connectivity index (χ3v) is 3.40. The minimum atomic E-state index is 0.246. The first-order valence-electron chi connectivity index (χ1n) is 6.18. The fourth-order valence-corrected chi connectivity index (χ4v) is 1.97. The Kier molecular flexibility index (Phi) is 5.09. The van der Waals surface area contributed by atoms with Crippen LogP contribution in [0.15, 0.2) is 0 Å². The van der Waals surface area contributed by atoms with Crippen molar-refractivity contribution in [3.05, 3.63) is 0 Å². The van der Waals surface area contributed by atoms with E-state index < -0.39 is 0 Å². The molecule has 1 saturated heterocycles. The van der Waals surface area contributed by atoms with E-state index in [1.54, 1.807) is 0 Å². The lowest BCUT2D eigenvalue weighted by molar-refractivity contribution is -0.137. The highest BCUT2D eigenvalue weighted by Gasteiger charge is 2.28. The van der Waals surface area contributed by atoms with Gasteiger partial charge in [-0.15, -0.1) is 0 Å². The largest absolute Gasteiger partial charge is 0.340 e. The van der Waals surface area contributed by atoms with Crippen LogP contribution in [0.2, 0.25) is 0 Å². The maximum atomic E-state index is 12.1. The SMILES string of the molecule is CCCCC(CC)C(=O)N(C)C1CNC1. The van der Waals surface area contributed by atoms with Crippen LogP contribution in [0.1, 0.15) is 39.5 Å². The summed E-state index contributed by atoms with van der Waals surface area (Å²) < 4.78 is 0. The zero-order chi connectivity index (χ0) is 11.3. The molecule has 0 aromatic carbocycles. The maximum absolute atomic E-state index is 12.1. The van der Waals surface area contributed by atoms with Gasteiger partial charge in [0.05, 0.1) is 6.04 Å². The van der Waals surface area contributed by atoms with Crippen LogP contribution >= 0.6 is 0 Å². The second kappa shape index (κ2) is 6.11. The van der Waals surface area contributed by atoms with Gasteiger partial charge in [-0.1, -0.05) is 26.7 Å². The third-order valence-electron chi connectivity index (χ3n) is 3.40. The number of unbranched alkanes of at least 4 members (excludes halogenated alkanes) is 1. The van der Waals surface area contributed by atoms with Gasteiger partial charge in [-0.25, -0.2) is 0 Å². The van der Waals surface area contributed by atoms with Crippen molar-refractivity contribution in [1.82, 2.24) is 10.2 Å².